The first-order valence-corrected chi connectivity index (χ1v) is 11.5. The molecule has 0 radical (unpaired) electrons. The van der Waals surface area contributed by atoms with Gasteiger partial charge in [-0.1, -0.05) is 12.1 Å². The van der Waals surface area contributed by atoms with Crippen LogP contribution in [0.2, 0.25) is 0 Å². The maximum Gasteiger partial charge on any atom is 0.238 e. The van der Waals surface area contributed by atoms with Crippen molar-refractivity contribution in [3.63, 3.8) is 0 Å². The second-order valence-electron chi connectivity index (χ2n) is 7.56. The van der Waals surface area contributed by atoms with Crippen molar-refractivity contribution >= 4 is 40.6 Å². The van der Waals surface area contributed by atoms with Crippen molar-refractivity contribution in [3.05, 3.63) is 48.5 Å². The summed E-state index contributed by atoms with van der Waals surface area (Å²) in [7, 11) is 1.76. The molecule has 0 bridgehead atoms. The van der Waals surface area contributed by atoms with Crippen molar-refractivity contribution in [1.29, 1.82) is 0 Å². The summed E-state index contributed by atoms with van der Waals surface area (Å²) in [6, 6.07) is 15.7. The summed E-state index contributed by atoms with van der Waals surface area (Å²) in [6.07, 6.45) is 5.75. The van der Waals surface area contributed by atoms with Crippen LogP contribution in [0.5, 0.6) is 0 Å². The Balaban J connectivity index is 1.45. The minimum Gasteiger partial charge on any atom is -0.372 e. The molecule has 2 N–H and O–H groups in total. The van der Waals surface area contributed by atoms with Crippen molar-refractivity contribution in [1.82, 2.24) is 4.90 Å². The third kappa shape index (κ3) is 6.50. The highest BCUT2D eigenvalue weighted by Gasteiger charge is 2.13. The van der Waals surface area contributed by atoms with Crippen LogP contribution in [0.4, 0.5) is 17.1 Å². The van der Waals surface area contributed by atoms with Crippen LogP contribution >= 0.6 is 11.8 Å². The van der Waals surface area contributed by atoms with Crippen molar-refractivity contribution < 1.29 is 9.59 Å². The number of anilines is 3. The Morgan fingerprint density at radius 1 is 0.933 bits per heavy atom. The van der Waals surface area contributed by atoms with Crippen molar-refractivity contribution in [2.24, 2.45) is 0 Å². The van der Waals surface area contributed by atoms with Crippen LogP contribution in [-0.4, -0.2) is 56.2 Å². The maximum absolute atomic E-state index is 12.4. The van der Waals surface area contributed by atoms with Crippen LogP contribution in [0.15, 0.2) is 53.4 Å². The SMILES string of the molecule is CSc1ccccc1NC(=O)CN(C)CC(=O)Nc1ccc(N2CCCCC2)cc1. The first-order valence-electron chi connectivity index (χ1n) is 10.3. The summed E-state index contributed by atoms with van der Waals surface area (Å²) in [6.45, 7) is 2.48. The van der Waals surface area contributed by atoms with Crippen molar-refractivity contribution in [2.45, 2.75) is 24.2 Å². The lowest BCUT2D eigenvalue weighted by molar-refractivity contribution is -0.119. The van der Waals surface area contributed by atoms with Gasteiger partial charge >= 0.3 is 0 Å². The molecule has 160 valence electrons. The number of likely N-dealkylation sites (N-methyl/N-ethyl adjacent to an activating group) is 1. The van der Waals surface area contributed by atoms with Gasteiger partial charge in [0, 0.05) is 29.4 Å². The Labute approximate surface area is 183 Å². The molecule has 7 heteroatoms. The molecule has 2 aromatic rings. The zero-order chi connectivity index (χ0) is 21.3. The van der Waals surface area contributed by atoms with Crippen molar-refractivity contribution in [3.8, 4) is 0 Å². The molecule has 1 aliphatic rings. The number of carbonyl (C=O) groups is 2. The largest absolute Gasteiger partial charge is 0.372 e. The smallest absolute Gasteiger partial charge is 0.238 e. The number of nitrogens with one attached hydrogen (secondary N) is 2. The van der Waals surface area contributed by atoms with Gasteiger partial charge in [-0.25, -0.2) is 0 Å². The van der Waals surface area contributed by atoms with Gasteiger partial charge in [-0.2, -0.15) is 0 Å². The first-order chi connectivity index (χ1) is 14.5. The Kier molecular flexibility index (Phi) is 8.16. The molecule has 1 heterocycles. The molecule has 0 aliphatic carbocycles. The minimum absolute atomic E-state index is 0.138. The molecule has 2 amide bonds. The van der Waals surface area contributed by atoms with E-state index in [9.17, 15) is 9.59 Å². The zero-order valence-electron chi connectivity index (χ0n) is 17.7. The number of nitrogens with zero attached hydrogens (tertiary/aromatic N) is 2. The number of rotatable bonds is 8. The molecule has 0 unspecified atom stereocenters. The van der Waals surface area contributed by atoms with Gasteiger partial charge in [0.15, 0.2) is 0 Å². The Morgan fingerprint density at radius 2 is 1.57 bits per heavy atom. The van der Waals surface area contributed by atoms with Gasteiger partial charge in [0.05, 0.1) is 18.8 Å². The fourth-order valence-corrected chi connectivity index (χ4v) is 4.15. The number of hydrogen-bond acceptors (Lipinski definition) is 5. The van der Waals surface area contributed by atoms with Crippen LogP contribution in [0.1, 0.15) is 19.3 Å². The van der Waals surface area contributed by atoms with Crippen LogP contribution in [-0.2, 0) is 9.59 Å². The van der Waals surface area contributed by atoms with E-state index in [1.807, 2.05) is 42.7 Å². The second-order valence-corrected chi connectivity index (χ2v) is 8.41. The number of para-hydroxylation sites is 1. The van der Waals surface area contributed by atoms with Crippen LogP contribution in [0.3, 0.4) is 0 Å². The van der Waals surface area contributed by atoms with Gasteiger partial charge in [-0.15, -0.1) is 11.8 Å². The molecule has 0 aromatic heterocycles. The predicted octanol–water partition coefficient (Wildman–Crippen LogP) is 3.91. The lowest BCUT2D eigenvalue weighted by atomic mass is 10.1. The molecule has 30 heavy (non-hydrogen) atoms. The van der Waals surface area contributed by atoms with E-state index in [0.717, 1.165) is 29.4 Å². The van der Waals surface area contributed by atoms with Gasteiger partial charge in [0.25, 0.3) is 0 Å². The molecule has 3 rings (SSSR count). The number of amides is 2. The summed E-state index contributed by atoms with van der Waals surface area (Å²) in [5, 5.41) is 5.82. The Morgan fingerprint density at radius 3 is 2.23 bits per heavy atom. The number of thioether (sulfide) groups is 1. The number of carbonyl (C=O) groups excluding carboxylic acids is 2. The number of benzene rings is 2. The lowest BCUT2D eigenvalue weighted by Crippen LogP contribution is -2.36. The van der Waals surface area contributed by atoms with Gasteiger partial charge in [-0.05, 0) is 69.0 Å². The normalized spacial score (nSPS) is 13.9. The standard InChI is InChI=1S/C23H30N4O2S/c1-26(17-23(29)25-20-8-4-5-9-21(20)30-2)16-22(28)24-18-10-12-19(13-11-18)27-14-6-3-7-15-27/h4-5,8-13H,3,6-7,14-17H2,1-2H3,(H,24,28)(H,25,29). The van der Waals surface area contributed by atoms with Gasteiger partial charge < -0.3 is 15.5 Å². The van der Waals surface area contributed by atoms with Crippen LogP contribution < -0.4 is 15.5 Å². The van der Waals surface area contributed by atoms with Gasteiger partial charge in [-0.3, -0.25) is 14.5 Å². The quantitative estimate of drug-likeness (QED) is 0.627. The van der Waals surface area contributed by atoms with E-state index in [0.29, 0.717) is 0 Å². The Hall–Kier alpha value is -2.51. The predicted molar refractivity (Wildman–Crippen MR) is 125 cm³/mol. The summed E-state index contributed by atoms with van der Waals surface area (Å²) in [5.74, 6) is -0.279. The monoisotopic (exact) mass is 426 g/mol. The fraction of sp³-hybridized carbons (Fsp3) is 0.391. The molecular formula is C23H30N4O2S. The van der Waals surface area contributed by atoms with Crippen molar-refractivity contribution in [2.75, 3.05) is 55.0 Å². The zero-order valence-corrected chi connectivity index (χ0v) is 18.5. The van der Waals surface area contributed by atoms with E-state index >= 15 is 0 Å². The summed E-state index contributed by atoms with van der Waals surface area (Å²) < 4.78 is 0. The van der Waals surface area contributed by atoms with E-state index in [1.54, 1.807) is 23.7 Å². The van der Waals surface area contributed by atoms with Gasteiger partial charge in [0.2, 0.25) is 11.8 Å². The highest BCUT2D eigenvalue weighted by molar-refractivity contribution is 7.98. The first kappa shape index (κ1) is 22.2. The maximum atomic E-state index is 12.4. The molecule has 0 spiro atoms. The number of piperidine rings is 1. The Bertz CT molecular complexity index is 851. The molecule has 1 saturated heterocycles. The molecule has 6 nitrogen and oxygen atoms in total. The van der Waals surface area contributed by atoms with E-state index in [4.69, 9.17) is 0 Å². The summed E-state index contributed by atoms with van der Waals surface area (Å²) >= 11 is 1.58. The lowest BCUT2D eigenvalue weighted by Gasteiger charge is -2.28. The average molecular weight is 427 g/mol. The molecular weight excluding hydrogens is 396 g/mol. The molecule has 1 fully saturated rings. The molecule has 1 aliphatic heterocycles. The van der Waals surface area contributed by atoms with Gasteiger partial charge in [0.1, 0.15) is 0 Å². The minimum atomic E-state index is -0.141. The summed E-state index contributed by atoms with van der Waals surface area (Å²) in [4.78, 5) is 29.8. The average Bonchev–Trinajstić information content (AvgIpc) is 2.75. The van der Waals surface area contributed by atoms with Crippen LogP contribution in [0.25, 0.3) is 0 Å². The van der Waals surface area contributed by atoms with E-state index in [-0.39, 0.29) is 24.9 Å². The fourth-order valence-electron chi connectivity index (χ4n) is 3.59. The number of hydrogen-bond donors (Lipinski definition) is 2. The second kappa shape index (κ2) is 11.0. The highest BCUT2D eigenvalue weighted by atomic mass is 32.2. The molecule has 0 saturated carbocycles. The summed E-state index contributed by atoms with van der Waals surface area (Å²) in [5.41, 5.74) is 2.76. The third-order valence-corrected chi connectivity index (χ3v) is 5.88. The van der Waals surface area contributed by atoms with E-state index in [1.165, 1.54) is 24.9 Å². The topological polar surface area (TPSA) is 64.7 Å². The molecule has 0 atom stereocenters. The van der Waals surface area contributed by atoms with Crippen LogP contribution in [0, 0.1) is 0 Å². The van der Waals surface area contributed by atoms with E-state index in [2.05, 4.69) is 27.7 Å². The highest BCUT2D eigenvalue weighted by Crippen LogP contribution is 2.24. The molecule has 2 aromatic carbocycles. The van der Waals surface area contributed by atoms with E-state index < -0.39 is 0 Å². The third-order valence-electron chi connectivity index (χ3n) is 5.08.